The number of ether oxygens (including phenoxy) is 2. The lowest BCUT2D eigenvalue weighted by atomic mass is 10.2. The monoisotopic (exact) mass is 402 g/mol. The van der Waals surface area contributed by atoms with Crippen molar-refractivity contribution in [1.82, 2.24) is 9.55 Å². The van der Waals surface area contributed by atoms with E-state index in [1.54, 1.807) is 13.4 Å². The normalized spacial score (nSPS) is 11.4. The standard InChI is InChI=1S/C25H26N2O3/c1-3-9-19-13-14-22(24(18-19)28-2)29-16-7-6-15-27-21-11-5-4-10-20(21)26-25(27)23-12-8-17-30-23/h3-5,8-14,17-18H,6-7,15-16H2,1-2H3/b9-3+. The second-order valence-electron chi connectivity index (χ2n) is 7.02. The number of aromatic nitrogens is 2. The number of nitrogens with zero attached hydrogens (tertiary/aromatic N) is 2. The first-order valence-corrected chi connectivity index (χ1v) is 10.2. The summed E-state index contributed by atoms with van der Waals surface area (Å²) in [5, 5.41) is 0. The number of para-hydroxylation sites is 2. The van der Waals surface area contributed by atoms with E-state index in [1.165, 1.54) is 0 Å². The van der Waals surface area contributed by atoms with Crippen LogP contribution in [0.1, 0.15) is 25.3 Å². The molecule has 2 aromatic heterocycles. The molecule has 0 aliphatic rings. The Morgan fingerprint density at radius 2 is 1.93 bits per heavy atom. The number of allylic oxidation sites excluding steroid dienone is 1. The molecule has 2 aromatic carbocycles. The molecule has 0 aliphatic carbocycles. The fourth-order valence-corrected chi connectivity index (χ4v) is 3.55. The van der Waals surface area contributed by atoms with Crippen LogP contribution in [0.4, 0.5) is 0 Å². The van der Waals surface area contributed by atoms with E-state index in [0.717, 1.165) is 59.1 Å². The molecular formula is C25H26N2O3. The van der Waals surface area contributed by atoms with Gasteiger partial charge in [0, 0.05) is 6.54 Å². The molecule has 0 spiro atoms. The summed E-state index contributed by atoms with van der Waals surface area (Å²) in [6, 6.07) is 18.0. The Morgan fingerprint density at radius 1 is 1.03 bits per heavy atom. The molecule has 0 bridgehead atoms. The van der Waals surface area contributed by atoms with E-state index in [-0.39, 0.29) is 0 Å². The number of aryl methyl sites for hydroxylation is 1. The summed E-state index contributed by atoms with van der Waals surface area (Å²) in [5.74, 6) is 3.18. The van der Waals surface area contributed by atoms with Gasteiger partial charge < -0.3 is 18.5 Å². The van der Waals surface area contributed by atoms with Crippen LogP contribution in [0.3, 0.4) is 0 Å². The molecule has 0 aliphatic heterocycles. The molecule has 5 heteroatoms. The van der Waals surface area contributed by atoms with Gasteiger partial charge in [0.1, 0.15) is 0 Å². The third-order valence-electron chi connectivity index (χ3n) is 4.98. The van der Waals surface area contributed by atoms with Crippen LogP contribution in [0, 0.1) is 0 Å². The highest BCUT2D eigenvalue weighted by molar-refractivity contribution is 5.79. The van der Waals surface area contributed by atoms with Crippen LogP contribution in [0.2, 0.25) is 0 Å². The molecule has 30 heavy (non-hydrogen) atoms. The Hall–Kier alpha value is -3.47. The Kier molecular flexibility index (Phi) is 6.18. The van der Waals surface area contributed by atoms with E-state index in [9.17, 15) is 0 Å². The van der Waals surface area contributed by atoms with Crippen molar-refractivity contribution in [2.75, 3.05) is 13.7 Å². The van der Waals surface area contributed by atoms with E-state index >= 15 is 0 Å². The van der Waals surface area contributed by atoms with Crippen LogP contribution in [0.25, 0.3) is 28.7 Å². The number of benzene rings is 2. The van der Waals surface area contributed by atoms with Crippen LogP contribution >= 0.6 is 0 Å². The molecular weight excluding hydrogens is 376 g/mol. The molecule has 0 unspecified atom stereocenters. The van der Waals surface area contributed by atoms with Crippen LogP contribution < -0.4 is 9.47 Å². The van der Waals surface area contributed by atoms with Gasteiger partial charge in [-0.2, -0.15) is 0 Å². The van der Waals surface area contributed by atoms with Crippen molar-refractivity contribution in [3.8, 4) is 23.1 Å². The Bertz CT molecular complexity index is 1130. The Balaban J connectivity index is 1.40. The molecule has 0 fully saturated rings. The predicted octanol–water partition coefficient (Wildman–Crippen LogP) is 6.20. The van der Waals surface area contributed by atoms with Crippen molar-refractivity contribution in [2.24, 2.45) is 0 Å². The van der Waals surface area contributed by atoms with Crippen molar-refractivity contribution < 1.29 is 13.9 Å². The first-order valence-electron chi connectivity index (χ1n) is 10.2. The molecule has 0 N–H and O–H groups in total. The fourth-order valence-electron chi connectivity index (χ4n) is 3.55. The van der Waals surface area contributed by atoms with Gasteiger partial charge in [0.05, 0.1) is 31.0 Å². The van der Waals surface area contributed by atoms with Gasteiger partial charge in [0.2, 0.25) is 0 Å². The average Bonchev–Trinajstić information content (AvgIpc) is 3.42. The third kappa shape index (κ3) is 4.25. The summed E-state index contributed by atoms with van der Waals surface area (Å²) in [6.07, 6.45) is 7.61. The van der Waals surface area contributed by atoms with Gasteiger partial charge in [-0.1, -0.05) is 30.4 Å². The molecule has 5 nitrogen and oxygen atoms in total. The zero-order valence-electron chi connectivity index (χ0n) is 17.4. The van der Waals surface area contributed by atoms with Gasteiger partial charge in [-0.3, -0.25) is 0 Å². The number of rotatable bonds is 9. The summed E-state index contributed by atoms with van der Waals surface area (Å²) in [7, 11) is 1.67. The molecule has 2 heterocycles. The highest BCUT2D eigenvalue weighted by Crippen LogP contribution is 2.29. The Labute approximate surface area is 176 Å². The number of furan rings is 1. The smallest absolute Gasteiger partial charge is 0.177 e. The number of fused-ring (bicyclic) bond motifs is 1. The van der Waals surface area contributed by atoms with E-state index < -0.39 is 0 Å². The number of unbranched alkanes of at least 4 members (excludes halogenated alkanes) is 1. The number of hydrogen-bond donors (Lipinski definition) is 0. The molecule has 154 valence electrons. The second kappa shape index (κ2) is 9.35. The van der Waals surface area contributed by atoms with Gasteiger partial charge >= 0.3 is 0 Å². The second-order valence-corrected chi connectivity index (χ2v) is 7.02. The minimum Gasteiger partial charge on any atom is -0.493 e. The van der Waals surface area contributed by atoms with Crippen LogP contribution in [0.5, 0.6) is 11.5 Å². The summed E-state index contributed by atoms with van der Waals surface area (Å²) in [5.41, 5.74) is 3.19. The minimum absolute atomic E-state index is 0.627. The first kappa shape index (κ1) is 19.8. The van der Waals surface area contributed by atoms with E-state index in [1.807, 2.05) is 67.6 Å². The van der Waals surface area contributed by atoms with Gasteiger partial charge in [-0.15, -0.1) is 0 Å². The third-order valence-corrected chi connectivity index (χ3v) is 4.98. The maximum Gasteiger partial charge on any atom is 0.177 e. The van der Waals surface area contributed by atoms with Crippen molar-refractivity contribution in [3.05, 3.63) is 72.5 Å². The van der Waals surface area contributed by atoms with E-state index in [4.69, 9.17) is 18.9 Å². The maximum absolute atomic E-state index is 5.98. The Morgan fingerprint density at radius 3 is 2.73 bits per heavy atom. The highest BCUT2D eigenvalue weighted by Gasteiger charge is 2.14. The quantitative estimate of drug-likeness (QED) is 0.313. The summed E-state index contributed by atoms with van der Waals surface area (Å²) in [6.45, 7) is 3.47. The first-order chi connectivity index (χ1) is 14.8. The SMILES string of the molecule is C/C=C/c1ccc(OCCCCn2c(-c3ccco3)nc3ccccc32)c(OC)c1. The van der Waals surface area contributed by atoms with Gasteiger partial charge in [-0.05, 0) is 61.7 Å². The summed E-state index contributed by atoms with van der Waals surface area (Å²) >= 11 is 0. The fraction of sp³-hybridized carbons (Fsp3) is 0.240. The van der Waals surface area contributed by atoms with Crippen LogP contribution in [0.15, 0.2) is 71.4 Å². The number of hydrogen-bond acceptors (Lipinski definition) is 4. The largest absolute Gasteiger partial charge is 0.493 e. The molecule has 0 saturated carbocycles. The van der Waals surface area contributed by atoms with E-state index in [0.29, 0.717) is 6.61 Å². The van der Waals surface area contributed by atoms with E-state index in [2.05, 4.69) is 10.6 Å². The number of imidazole rings is 1. The average molecular weight is 402 g/mol. The van der Waals surface area contributed by atoms with Gasteiger partial charge in [0.25, 0.3) is 0 Å². The molecule has 0 amide bonds. The lowest BCUT2D eigenvalue weighted by molar-refractivity contribution is 0.284. The highest BCUT2D eigenvalue weighted by atomic mass is 16.5. The van der Waals surface area contributed by atoms with Crippen molar-refractivity contribution >= 4 is 17.1 Å². The predicted molar refractivity (Wildman–Crippen MR) is 120 cm³/mol. The summed E-state index contributed by atoms with van der Waals surface area (Å²) < 4.78 is 19.3. The molecule has 0 saturated heterocycles. The molecule has 0 radical (unpaired) electrons. The maximum atomic E-state index is 5.98. The van der Waals surface area contributed by atoms with Crippen molar-refractivity contribution in [3.63, 3.8) is 0 Å². The topological polar surface area (TPSA) is 49.4 Å². The van der Waals surface area contributed by atoms with Gasteiger partial charge in [-0.25, -0.2) is 4.98 Å². The number of methoxy groups -OCH3 is 1. The minimum atomic E-state index is 0.627. The van der Waals surface area contributed by atoms with Crippen LogP contribution in [-0.4, -0.2) is 23.3 Å². The molecule has 0 atom stereocenters. The zero-order chi connectivity index (χ0) is 20.8. The summed E-state index contributed by atoms with van der Waals surface area (Å²) in [4.78, 5) is 4.76. The molecule has 4 rings (SSSR count). The van der Waals surface area contributed by atoms with Crippen molar-refractivity contribution in [1.29, 1.82) is 0 Å². The van der Waals surface area contributed by atoms with Gasteiger partial charge in [0.15, 0.2) is 23.1 Å². The van der Waals surface area contributed by atoms with Crippen LogP contribution in [-0.2, 0) is 6.54 Å². The lowest BCUT2D eigenvalue weighted by Crippen LogP contribution is -2.04. The van der Waals surface area contributed by atoms with Crippen molar-refractivity contribution in [2.45, 2.75) is 26.3 Å². The molecule has 4 aromatic rings. The zero-order valence-corrected chi connectivity index (χ0v) is 17.4. The lowest BCUT2D eigenvalue weighted by Gasteiger charge is -2.12.